The van der Waals surface area contributed by atoms with Crippen molar-refractivity contribution in [1.29, 1.82) is 0 Å². The second kappa shape index (κ2) is 8.22. The van der Waals surface area contributed by atoms with Crippen LogP contribution in [0.25, 0.3) is 16.6 Å². The van der Waals surface area contributed by atoms with Crippen molar-refractivity contribution in [2.24, 2.45) is 0 Å². The van der Waals surface area contributed by atoms with E-state index in [0.29, 0.717) is 41.7 Å². The summed E-state index contributed by atoms with van der Waals surface area (Å²) in [6.45, 7) is 1.98. The van der Waals surface area contributed by atoms with Crippen molar-refractivity contribution in [3.05, 3.63) is 64.4 Å². The number of nitrogens with one attached hydrogen (secondary N) is 1. The van der Waals surface area contributed by atoms with Crippen LogP contribution >= 0.6 is 0 Å². The fourth-order valence-corrected chi connectivity index (χ4v) is 3.43. The molecule has 0 bridgehead atoms. The zero-order chi connectivity index (χ0) is 20.2. The van der Waals surface area contributed by atoms with Crippen LogP contribution in [0.3, 0.4) is 0 Å². The molecule has 1 N–H and O–H groups in total. The number of aromatic nitrogens is 3. The van der Waals surface area contributed by atoms with E-state index in [0.717, 1.165) is 19.4 Å². The van der Waals surface area contributed by atoms with Gasteiger partial charge in [-0.3, -0.25) is 14.4 Å². The lowest BCUT2D eigenvalue weighted by molar-refractivity contribution is -0.127. The van der Waals surface area contributed by atoms with E-state index in [-0.39, 0.29) is 17.4 Å². The Balaban J connectivity index is 1.39. The van der Waals surface area contributed by atoms with Crippen LogP contribution in [0.15, 0.2) is 53.3 Å². The van der Waals surface area contributed by atoms with Crippen LogP contribution in [-0.2, 0) is 4.79 Å². The van der Waals surface area contributed by atoms with Gasteiger partial charge in [-0.1, -0.05) is 17.3 Å². The average molecular weight is 391 g/mol. The van der Waals surface area contributed by atoms with Gasteiger partial charge < -0.3 is 10.2 Å². The molecule has 1 aliphatic heterocycles. The summed E-state index contributed by atoms with van der Waals surface area (Å²) >= 11 is 0. The molecule has 1 saturated heterocycles. The molecule has 8 heteroatoms. The summed E-state index contributed by atoms with van der Waals surface area (Å²) in [7, 11) is 0. The summed E-state index contributed by atoms with van der Waals surface area (Å²) in [5, 5.41) is 11.4. The molecule has 0 atom stereocenters. The fraction of sp³-hybridized carbons (Fsp3) is 0.286. The minimum atomic E-state index is -0.260. The summed E-state index contributed by atoms with van der Waals surface area (Å²) in [5.41, 5.74) is 1.31. The number of carbonyl (C=O) groups excluding carboxylic acids is 2. The smallest absolute Gasteiger partial charge is 0.282 e. The highest BCUT2D eigenvalue weighted by Crippen LogP contribution is 2.11. The third-order valence-electron chi connectivity index (χ3n) is 5.00. The number of fused-ring (bicyclic) bond motifs is 1. The Morgan fingerprint density at radius 3 is 2.62 bits per heavy atom. The molecule has 8 nitrogen and oxygen atoms in total. The molecule has 0 radical (unpaired) electrons. The molecule has 1 aromatic heterocycles. The van der Waals surface area contributed by atoms with Crippen LogP contribution in [0.4, 0.5) is 0 Å². The van der Waals surface area contributed by atoms with Crippen LogP contribution in [0.1, 0.15) is 29.6 Å². The Morgan fingerprint density at radius 2 is 1.86 bits per heavy atom. The average Bonchev–Trinajstić information content (AvgIpc) is 3.16. The molecule has 0 saturated carbocycles. The number of nitrogens with zero attached hydrogens (tertiary/aromatic N) is 4. The molecule has 0 spiro atoms. The van der Waals surface area contributed by atoms with Crippen LogP contribution in [0.2, 0.25) is 0 Å². The molecule has 29 heavy (non-hydrogen) atoms. The van der Waals surface area contributed by atoms with Crippen LogP contribution in [0, 0.1) is 0 Å². The zero-order valence-corrected chi connectivity index (χ0v) is 15.9. The van der Waals surface area contributed by atoms with Gasteiger partial charge in [0.2, 0.25) is 5.91 Å². The molecule has 148 valence electrons. The SMILES string of the molecule is O=C(NCCCN1CCCC1=O)c1ccc(-n2nnc3ccccc3c2=O)cc1. The van der Waals surface area contributed by atoms with Crippen molar-refractivity contribution >= 4 is 22.7 Å². The van der Waals surface area contributed by atoms with Gasteiger partial charge in [-0.2, -0.15) is 4.68 Å². The summed E-state index contributed by atoms with van der Waals surface area (Å²) in [6.07, 6.45) is 2.27. The van der Waals surface area contributed by atoms with Gasteiger partial charge in [0, 0.05) is 31.6 Å². The number of hydrogen-bond donors (Lipinski definition) is 1. The van der Waals surface area contributed by atoms with Crippen LogP contribution in [0.5, 0.6) is 0 Å². The fourth-order valence-electron chi connectivity index (χ4n) is 3.43. The monoisotopic (exact) mass is 391 g/mol. The Kier molecular flexibility index (Phi) is 5.33. The van der Waals surface area contributed by atoms with Gasteiger partial charge in [0.05, 0.1) is 11.1 Å². The van der Waals surface area contributed by atoms with E-state index >= 15 is 0 Å². The first kappa shape index (κ1) is 18.8. The third-order valence-corrected chi connectivity index (χ3v) is 5.00. The van der Waals surface area contributed by atoms with Gasteiger partial charge in [-0.15, -0.1) is 5.10 Å². The maximum Gasteiger partial charge on any atom is 0.282 e. The molecule has 1 fully saturated rings. The maximum atomic E-state index is 12.6. The van der Waals surface area contributed by atoms with Gasteiger partial charge in [-0.25, -0.2) is 0 Å². The molecule has 0 unspecified atom stereocenters. The first-order chi connectivity index (χ1) is 14.1. The molecule has 2 amide bonds. The minimum Gasteiger partial charge on any atom is -0.352 e. The quantitative estimate of drug-likeness (QED) is 0.643. The first-order valence-electron chi connectivity index (χ1n) is 9.65. The topological polar surface area (TPSA) is 97.2 Å². The Bertz CT molecular complexity index is 1110. The number of benzene rings is 2. The summed E-state index contributed by atoms with van der Waals surface area (Å²) < 4.78 is 1.22. The van der Waals surface area contributed by atoms with Gasteiger partial charge in [0.15, 0.2) is 0 Å². The summed E-state index contributed by atoms with van der Waals surface area (Å²) in [5.74, 6) is 0.000175. The largest absolute Gasteiger partial charge is 0.352 e. The normalized spacial score (nSPS) is 13.8. The third kappa shape index (κ3) is 4.01. The van der Waals surface area contributed by atoms with E-state index in [1.54, 1.807) is 48.5 Å². The lowest BCUT2D eigenvalue weighted by Crippen LogP contribution is -2.30. The van der Waals surface area contributed by atoms with Crippen molar-refractivity contribution in [2.75, 3.05) is 19.6 Å². The number of likely N-dealkylation sites (tertiary alicyclic amines) is 1. The van der Waals surface area contributed by atoms with E-state index in [1.807, 2.05) is 4.90 Å². The van der Waals surface area contributed by atoms with Gasteiger partial charge >= 0.3 is 0 Å². The lowest BCUT2D eigenvalue weighted by Gasteiger charge is -2.15. The van der Waals surface area contributed by atoms with Crippen molar-refractivity contribution in [3.63, 3.8) is 0 Å². The summed E-state index contributed by atoms with van der Waals surface area (Å²) in [4.78, 5) is 38.3. The second-order valence-corrected chi connectivity index (χ2v) is 6.96. The van der Waals surface area contributed by atoms with Crippen LogP contribution in [-0.4, -0.2) is 51.3 Å². The van der Waals surface area contributed by atoms with Crippen molar-refractivity contribution in [1.82, 2.24) is 25.2 Å². The van der Waals surface area contributed by atoms with Crippen molar-refractivity contribution in [3.8, 4) is 5.69 Å². The summed E-state index contributed by atoms with van der Waals surface area (Å²) in [6, 6.07) is 13.7. The van der Waals surface area contributed by atoms with Crippen LogP contribution < -0.4 is 10.9 Å². The standard InChI is InChI=1S/C21H21N5O3/c27-19-7-3-13-25(19)14-4-12-22-20(28)15-8-10-16(11-9-15)26-21(29)17-5-1-2-6-18(17)23-24-26/h1-2,5-6,8-11H,3-4,7,12-14H2,(H,22,28). The Hall–Kier alpha value is -3.55. The minimum absolute atomic E-state index is 0.193. The van der Waals surface area contributed by atoms with Crippen molar-refractivity contribution in [2.45, 2.75) is 19.3 Å². The number of rotatable bonds is 6. The molecular weight excluding hydrogens is 370 g/mol. The highest BCUT2D eigenvalue weighted by atomic mass is 16.2. The predicted octanol–water partition coefficient (Wildman–Crippen LogP) is 1.52. The second-order valence-electron chi connectivity index (χ2n) is 6.96. The molecule has 2 aromatic carbocycles. The predicted molar refractivity (Wildman–Crippen MR) is 108 cm³/mol. The molecule has 4 rings (SSSR count). The molecule has 0 aliphatic carbocycles. The van der Waals surface area contributed by atoms with E-state index in [4.69, 9.17) is 0 Å². The number of amides is 2. The Morgan fingerprint density at radius 1 is 1.07 bits per heavy atom. The molecular formula is C21H21N5O3. The van der Waals surface area contributed by atoms with E-state index < -0.39 is 0 Å². The number of hydrogen-bond acceptors (Lipinski definition) is 5. The van der Waals surface area contributed by atoms with Gasteiger partial charge in [0.1, 0.15) is 5.52 Å². The van der Waals surface area contributed by atoms with E-state index in [9.17, 15) is 14.4 Å². The first-order valence-corrected chi connectivity index (χ1v) is 9.65. The number of carbonyl (C=O) groups is 2. The van der Waals surface area contributed by atoms with E-state index in [2.05, 4.69) is 15.6 Å². The molecule has 1 aliphatic rings. The van der Waals surface area contributed by atoms with Gasteiger partial charge in [-0.05, 0) is 49.2 Å². The lowest BCUT2D eigenvalue weighted by atomic mass is 10.2. The maximum absolute atomic E-state index is 12.6. The highest BCUT2D eigenvalue weighted by Gasteiger charge is 2.19. The van der Waals surface area contributed by atoms with E-state index in [1.165, 1.54) is 4.68 Å². The zero-order valence-electron chi connectivity index (χ0n) is 15.9. The Labute approximate surface area is 167 Å². The van der Waals surface area contributed by atoms with Crippen molar-refractivity contribution < 1.29 is 9.59 Å². The molecule has 2 heterocycles. The van der Waals surface area contributed by atoms with Gasteiger partial charge in [0.25, 0.3) is 11.5 Å². The molecule has 3 aromatic rings. The highest BCUT2D eigenvalue weighted by molar-refractivity contribution is 5.94.